The van der Waals surface area contributed by atoms with Gasteiger partial charge in [0.2, 0.25) is 0 Å². The number of benzene rings is 2. The minimum absolute atomic E-state index is 0.205. The minimum Gasteiger partial charge on any atom is -0.497 e. The summed E-state index contributed by atoms with van der Waals surface area (Å²) in [5.41, 5.74) is 1.31. The molecular formula is C20H20Cl2N4O2S. The van der Waals surface area contributed by atoms with Gasteiger partial charge in [-0.2, -0.15) is 0 Å². The van der Waals surface area contributed by atoms with Gasteiger partial charge in [0.25, 0.3) is 5.91 Å². The van der Waals surface area contributed by atoms with E-state index in [0.29, 0.717) is 37.6 Å². The number of nitrogens with zero attached hydrogens (tertiary/aromatic N) is 3. The summed E-state index contributed by atoms with van der Waals surface area (Å²) in [5.74, 6) is 1.07. The van der Waals surface area contributed by atoms with E-state index in [1.165, 1.54) is 0 Å². The van der Waals surface area contributed by atoms with Crippen LogP contribution in [0, 0.1) is 0 Å². The maximum Gasteiger partial charge on any atom is 0.251 e. The van der Waals surface area contributed by atoms with Gasteiger partial charge in [-0.3, -0.25) is 9.36 Å². The molecule has 1 amide bonds. The molecule has 0 bridgehead atoms. The topological polar surface area (TPSA) is 69.0 Å². The first-order valence-corrected chi connectivity index (χ1v) is 10.5. The normalized spacial score (nSPS) is 11.0. The summed E-state index contributed by atoms with van der Waals surface area (Å²) in [4.78, 5) is 12.5. The third kappa shape index (κ3) is 5.23. The zero-order chi connectivity index (χ0) is 21.0. The summed E-state index contributed by atoms with van der Waals surface area (Å²) in [6, 6.07) is 12.2. The second-order valence-corrected chi connectivity index (χ2v) is 8.77. The Kier molecular flexibility index (Phi) is 7.05. The largest absolute Gasteiger partial charge is 0.497 e. The van der Waals surface area contributed by atoms with E-state index in [1.54, 1.807) is 55.3 Å². The third-order valence-electron chi connectivity index (χ3n) is 3.96. The molecule has 1 heterocycles. The minimum atomic E-state index is -0.214. The molecule has 3 aromatic rings. The number of hydrogen-bond donors (Lipinski definition) is 1. The molecule has 0 unspecified atom stereocenters. The van der Waals surface area contributed by atoms with Crippen LogP contribution in [0.3, 0.4) is 0 Å². The van der Waals surface area contributed by atoms with Crippen molar-refractivity contribution in [3.63, 3.8) is 0 Å². The number of aromatic nitrogens is 3. The first-order chi connectivity index (χ1) is 13.9. The van der Waals surface area contributed by atoms with Crippen molar-refractivity contribution in [2.75, 3.05) is 7.11 Å². The lowest BCUT2D eigenvalue weighted by Gasteiger charge is -2.13. The van der Waals surface area contributed by atoms with Crippen LogP contribution in [0.1, 0.15) is 30.0 Å². The average molecular weight is 451 g/mol. The Bertz CT molecular complexity index is 1010. The molecule has 1 N–H and O–H groups in total. The maximum absolute atomic E-state index is 12.5. The lowest BCUT2D eigenvalue weighted by Crippen LogP contribution is -2.24. The summed E-state index contributed by atoms with van der Waals surface area (Å²) < 4.78 is 7.00. The number of halogens is 2. The van der Waals surface area contributed by atoms with Crippen molar-refractivity contribution in [1.82, 2.24) is 20.1 Å². The Balaban J connectivity index is 1.85. The molecule has 0 aliphatic rings. The molecule has 0 saturated carbocycles. The fraction of sp³-hybridized carbons (Fsp3) is 0.250. The molecule has 29 heavy (non-hydrogen) atoms. The molecular weight excluding hydrogens is 431 g/mol. The molecule has 0 atom stereocenters. The van der Waals surface area contributed by atoms with Crippen molar-refractivity contribution in [2.45, 2.75) is 30.8 Å². The van der Waals surface area contributed by atoms with Gasteiger partial charge in [0.15, 0.2) is 11.0 Å². The van der Waals surface area contributed by atoms with E-state index in [2.05, 4.69) is 29.4 Å². The third-order valence-corrected chi connectivity index (χ3v) is 5.65. The quantitative estimate of drug-likeness (QED) is 0.512. The van der Waals surface area contributed by atoms with Crippen molar-refractivity contribution >= 4 is 40.9 Å². The molecule has 0 saturated heterocycles. The van der Waals surface area contributed by atoms with Gasteiger partial charge >= 0.3 is 0 Å². The summed E-state index contributed by atoms with van der Waals surface area (Å²) in [6.07, 6.45) is 0. The first-order valence-electron chi connectivity index (χ1n) is 8.87. The monoisotopic (exact) mass is 450 g/mol. The predicted molar refractivity (Wildman–Crippen MR) is 117 cm³/mol. The molecule has 9 heteroatoms. The smallest absolute Gasteiger partial charge is 0.251 e. The Labute approximate surface area is 183 Å². The number of carbonyl (C=O) groups is 1. The standard InChI is InChI=1S/C20H20Cl2N4O2S/c1-12(2)29-20-25-24-18(26(20)14-6-9-16(21)17(22)10-14)11-23-19(27)13-4-7-15(28-3)8-5-13/h4-10,12H,11H2,1-3H3,(H,23,27). The van der Waals surface area contributed by atoms with Gasteiger partial charge in [-0.25, -0.2) is 0 Å². The molecule has 2 aromatic carbocycles. The van der Waals surface area contributed by atoms with Gasteiger partial charge in [0.05, 0.1) is 29.4 Å². The molecule has 0 aliphatic carbocycles. The van der Waals surface area contributed by atoms with Gasteiger partial charge in [0, 0.05) is 10.8 Å². The van der Waals surface area contributed by atoms with Crippen molar-refractivity contribution in [3.05, 3.63) is 63.9 Å². The lowest BCUT2D eigenvalue weighted by molar-refractivity contribution is 0.0949. The lowest BCUT2D eigenvalue weighted by atomic mass is 10.2. The van der Waals surface area contributed by atoms with Gasteiger partial charge in [-0.1, -0.05) is 48.8 Å². The highest BCUT2D eigenvalue weighted by Crippen LogP contribution is 2.29. The Hall–Kier alpha value is -2.22. The molecule has 3 rings (SSSR count). The molecule has 0 aliphatic heterocycles. The van der Waals surface area contributed by atoms with Gasteiger partial charge in [-0.05, 0) is 42.5 Å². The van der Waals surface area contributed by atoms with Crippen LogP contribution in [-0.2, 0) is 6.54 Å². The van der Waals surface area contributed by atoms with Crippen LogP contribution in [0.2, 0.25) is 10.0 Å². The number of carbonyl (C=O) groups excluding carboxylic acids is 1. The van der Waals surface area contributed by atoms with E-state index in [-0.39, 0.29) is 12.5 Å². The number of ether oxygens (including phenoxy) is 1. The summed E-state index contributed by atoms with van der Waals surface area (Å²) in [7, 11) is 1.58. The van der Waals surface area contributed by atoms with Gasteiger partial charge < -0.3 is 10.1 Å². The zero-order valence-corrected chi connectivity index (χ0v) is 18.5. The molecule has 6 nitrogen and oxygen atoms in total. The number of methoxy groups -OCH3 is 1. The number of rotatable bonds is 7. The van der Waals surface area contributed by atoms with Crippen molar-refractivity contribution in [1.29, 1.82) is 0 Å². The van der Waals surface area contributed by atoms with Crippen LogP contribution in [0.5, 0.6) is 5.75 Å². The Morgan fingerprint density at radius 2 is 1.86 bits per heavy atom. The summed E-state index contributed by atoms with van der Waals surface area (Å²) >= 11 is 13.8. The first kappa shape index (κ1) is 21.5. The Morgan fingerprint density at radius 1 is 1.14 bits per heavy atom. The SMILES string of the molecule is COc1ccc(C(=O)NCc2nnc(SC(C)C)n2-c2ccc(Cl)c(Cl)c2)cc1. The number of hydrogen-bond acceptors (Lipinski definition) is 5. The van der Waals surface area contributed by atoms with Crippen LogP contribution in [0.4, 0.5) is 0 Å². The predicted octanol–water partition coefficient (Wildman–Crippen LogP) is 5.01. The van der Waals surface area contributed by atoms with Crippen LogP contribution in [0.15, 0.2) is 47.6 Å². The van der Waals surface area contributed by atoms with E-state index < -0.39 is 0 Å². The van der Waals surface area contributed by atoms with E-state index >= 15 is 0 Å². The second kappa shape index (κ2) is 9.52. The highest BCUT2D eigenvalue weighted by Gasteiger charge is 2.17. The van der Waals surface area contributed by atoms with Crippen molar-refractivity contribution in [2.24, 2.45) is 0 Å². The number of nitrogens with one attached hydrogen (secondary N) is 1. The summed E-state index contributed by atoms with van der Waals surface area (Å²) in [5, 5.41) is 13.4. The molecule has 0 radical (unpaired) electrons. The van der Waals surface area contributed by atoms with Crippen LogP contribution < -0.4 is 10.1 Å². The van der Waals surface area contributed by atoms with Gasteiger partial charge in [-0.15, -0.1) is 10.2 Å². The second-order valence-electron chi connectivity index (χ2n) is 6.41. The van der Waals surface area contributed by atoms with E-state index in [4.69, 9.17) is 27.9 Å². The zero-order valence-electron chi connectivity index (χ0n) is 16.1. The van der Waals surface area contributed by atoms with E-state index in [9.17, 15) is 4.79 Å². The fourth-order valence-electron chi connectivity index (χ4n) is 2.59. The van der Waals surface area contributed by atoms with Crippen LogP contribution in [0.25, 0.3) is 5.69 Å². The summed E-state index contributed by atoms with van der Waals surface area (Å²) in [6.45, 7) is 4.35. The van der Waals surface area contributed by atoms with Crippen molar-refractivity contribution in [3.8, 4) is 11.4 Å². The highest BCUT2D eigenvalue weighted by molar-refractivity contribution is 7.99. The molecule has 1 aromatic heterocycles. The highest BCUT2D eigenvalue weighted by atomic mass is 35.5. The van der Waals surface area contributed by atoms with Crippen LogP contribution in [-0.4, -0.2) is 33.0 Å². The average Bonchev–Trinajstić information content (AvgIpc) is 3.10. The number of thioether (sulfide) groups is 1. The molecule has 0 fully saturated rings. The Morgan fingerprint density at radius 3 is 2.48 bits per heavy atom. The van der Waals surface area contributed by atoms with Crippen LogP contribution >= 0.6 is 35.0 Å². The maximum atomic E-state index is 12.5. The van der Waals surface area contributed by atoms with Gasteiger partial charge in [0.1, 0.15) is 5.75 Å². The van der Waals surface area contributed by atoms with Crippen molar-refractivity contribution < 1.29 is 9.53 Å². The molecule has 0 spiro atoms. The van der Waals surface area contributed by atoms with E-state index in [1.807, 2.05) is 10.6 Å². The fourth-order valence-corrected chi connectivity index (χ4v) is 3.71. The van der Waals surface area contributed by atoms with E-state index in [0.717, 1.165) is 5.69 Å². The molecule has 152 valence electrons. The number of amides is 1.